The van der Waals surface area contributed by atoms with E-state index in [-0.39, 0.29) is 0 Å². The molecule has 150 valence electrons. The van der Waals surface area contributed by atoms with Crippen molar-refractivity contribution in [1.82, 2.24) is 9.97 Å². The minimum Gasteiger partial charge on any atom is -0.255 e. The highest BCUT2D eigenvalue weighted by Gasteiger charge is 2.05. The number of pyridine rings is 2. The van der Waals surface area contributed by atoms with Crippen LogP contribution in [0, 0.1) is 0 Å². The second-order valence-electron chi connectivity index (χ2n) is 7.78. The first-order valence-electron chi connectivity index (χ1n) is 10.8. The number of hydrogen-bond donors (Lipinski definition) is 0. The first-order chi connectivity index (χ1) is 14.9. The molecule has 0 amide bonds. The number of nitrogens with zero attached hydrogens (tertiary/aromatic N) is 2. The third-order valence-corrected chi connectivity index (χ3v) is 5.46. The van der Waals surface area contributed by atoms with Gasteiger partial charge in [-0.1, -0.05) is 60.7 Å². The van der Waals surface area contributed by atoms with E-state index >= 15 is 0 Å². The van der Waals surface area contributed by atoms with Crippen molar-refractivity contribution >= 4 is 0 Å². The second kappa shape index (κ2) is 10.5. The molecule has 2 aromatic carbocycles. The molecule has 0 N–H and O–H groups in total. The van der Waals surface area contributed by atoms with Crippen LogP contribution in [0.1, 0.15) is 35.1 Å². The van der Waals surface area contributed by atoms with E-state index in [0.717, 1.165) is 49.9 Å². The first kappa shape index (κ1) is 20.0. The molecule has 0 aliphatic rings. The molecular weight excluding hydrogens is 364 g/mol. The lowest BCUT2D eigenvalue weighted by Gasteiger charge is -2.07. The van der Waals surface area contributed by atoms with Gasteiger partial charge in [0.15, 0.2) is 0 Å². The molecule has 4 rings (SSSR count). The number of aryl methyl sites for hydroxylation is 4. The Morgan fingerprint density at radius 1 is 0.433 bits per heavy atom. The van der Waals surface area contributed by atoms with Crippen molar-refractivity contribution in [2.75, 3.05) is 0 Å². The Hall–Kier alpha value is -3.26. The maximum atomic E-state index is 4.58. The van der Waals surface area contributed by atoms with Gasteiger partial charge in [0.2, 0.25) is 0 Å². The third-order valence-electron chi connectivity index (χ3n) is 5.46. The zero-order valence-corrected chi connectivity index (χ0v) is 17.4. The van der Waals surface area contributed by atoms with Gasteiger partial charge < -0.3 is 0 Å². The van der Waals surface area contributed by atoms with Crippen LogP contribution < -0.4 is 0 Å². The van der Waals surface area contributed by atoms with Gasteiger partial charge in [0.1, 0.15) is 0 Å². The Balaban J connectivity index is 1.35. The van der Waals surface area contributed by atoms with Crippen LogP contribution in [-0.2, 0) is 25.7 Å². The van der Waals surface area contributed by atoms with Gasteiger partial charge in [-0.15, -0.1) is 0 Å². The van der Waals surface area contributed by atoms with Crippen LogP contribution in [-0.4, -0.2) is 9.97 Å². The van der Waals surface area contributed by atoms with Crippen LogP contribution >= 0.6 is 0 Å². The van der Waals surface area contributed by atoms with E-state index < -0.39 is 0 Å². The molecule has 2 heterocycles. The number of aromatic nitrogens is 2. The van der Waals surface area contributed by atoms with E-state index in [2.05, 4.69) is 94.9 Å². The van der Waals surface area contributed by atoms with Crippen LogP contribution in [0.25, 0.3) is 11.4 Å². The summed E-state index contributed by atoms with van der Waals surface area (Å²) in [5.41, 5.74) is 7.39. The first-order valence-corrected chi connectivity index (χ1v) is 10.8. The lowest BCUT2D eigenvalue weighted by molar-refractivity contribution is 0.818. The fraction of sp³-hybridized carbons (Fsp3) is 0.214. The fourth-order valence-corrected chi connectivity index (χ4v) is 3.82. The van der Waals surface area contributed by atoms with Crippen LogP contribution in [0.4, 0.5) is 0 Å². The number of rotatable bonds is 9. The molecule has 2 nitrogen and oxygen atoms in total. The quantitative estimate of drug-likeness (QED) is 0.325. The van der Waals surface area contributed by atoms with Crippen molar-refractivity contribution < 1.29 is 0 Å². The summed E-state index contributed by atoms with van der Waals surface area (Å²) in [4.78, 5) is 9.16. The molecule has 0 saturated heterocycles. The predicted molar refractivity (Wildman–Crippen MR) is 124 cm³/mol. The van der Waals surface area contributed by atoms with Crippen molar-refractivity contribution in [3.63, 3.8) is 0 Å². The van der Waals surface area contributed by atoms with Crippen LogP contribution in [0.2, 0.25) is 0 Å². The average molecular weight is 393 g/mol. The largest absolute Gasteiger partial charge is 0.255 e. The summed E-state index contributed by atoms with van der Waals surface area (Å²) in [6.45, 7) is 0. The molecule has 0 saturated carbocycles. The highest BCUT2D eigenvalue weighted by molar-refractivity contribution is 5.55. The van der Waals surface area contributed by atoms with Gasteiger partial charge in [0.25, 0.3) is 0 Å². The van der Waals surface area contributed by atoms with E-state index in [0.29, 0.717) is 0 Å². The Morgan fingerprint density at radius 3 is 1.27 bits per heavy atom. The van der Waals surface area contributed by atoms with Gasteiger partial charge >= 0.3 is 0 Å². The van der Waals surface area contributed by atoms with Crippen molar-refractivity contribution in [3.8, 4) is 11.4 Å². The maximum absolute atomic E-state index is 4.58. The molecule has 2 heteroatoms. The summed E-state index contributed by atoms with van der Waals surface area (Å²) in [5.74, 6) is 0. The minimum absolute atomic E-state index is 0.970. The monoisotopic (exact) mass is 392 g/mol. The Bertz CT molecular complexity index is 955. The van der Waals surface area contributed by atoms with Crippen LogP contribution in [0.15, 0.2) is 97.3 Å². The molecule has 0 fully saturated rings. The lowest BCUT2D eigenvalue weighted by atomic mass is 10.0. The summed E-state index contributed by atoms with van der Waals surface area (Å²) in [5, 5.41) is 0. The number of hydrogen-bond acceptors (Lipinski definition) is 2. The molecule has 2 aromatic heterocycles. The summed E-state index contributed by atoms with van der Waals surface area (Å²) in [7, 11) is 0. The van der Waals surface area contributed by atoms with Crippen LogP contribution in [0.3, 0.4) is 0 Å². The molecule has 4 aromatic rings. The fourth-order valence-electron chi connectivity index (χ4n) is 3.82. The van der Waals surface area contributed by atoms with Gasteiger partial charge in [0, 0.05) is 12.4 Å². The van der Waals surface area contributed by atoms with Gasteiger partial charge in [-0.05, 0) is 85.0 Å². The second-order valence-corrected chi connectivity index (χ2v) is 7.78. The standard InChI is InChI=1S/C28H28N2/c1-3-9-23(10-4-1)13-7-15-25-17-19-29-27(21-25)28-22-26(18-20-30-28)16-8-14-24-11-5-2-6-12-24/h1-6,9-12,17-22H,7-8,13-16H2. The van der Waals surface area contributed by atoms with E-state index in [9.17, 15) is 0 Å². The molecule has 0 unspecified atom stereocenters. The average Bonchev–Trinajstić information content (AvgIpc) is 2.81. The Kier molecular flexibility index (Phi) is 7.01. The van der Waals surface area contributed by atoms with Gasteiger partial charge in [-0.25, -0.2) is 0 Å². The minimum atomic E-state index is 0.970. The summed E-state index contributed by atoms with van der Waals surface area (Å²) >= 11 is 0. The highest BCUT2D eigenvalue weighted by Crippen LogP contribution is 2.19. The van der Waals surface area contributed by atoms with Gasteiger partial charge in [-0.2, -0.15) is 0 Å². The van der Waals surface area contributed by atoms with Crippen molar-refractivity contribution in [3.05, 3.63) is 120 Å². The SMILES string of the molecule is c1ccc(CCCc2ccnc(-c3cc(CCCc4ccccc4)ccn3)c2)cc1. The van der Waals surface area contributed by atoms with Gasteiger partial charge in [-0.3, -0.25) is 9.97 Å². The summed E-state index contributed by atoms with van der Waals surface area (Å²) in [6.07, 6.45) is 10.4. The van der Waals surface area contributed by atoms with Crippen LogP contribution in [0.5, 0.6) is 0 Å². The zero-order valence-electron chi connectivity index (χ0n) is 17.4. The molecule has 30 heavy (non-hydrogen) atoms. The van der Waals surface area contributed by atoms with Crippen molar-refractivity contribution in [1.29, 1.82) is 0 Å². The number of benzene rings is 2. The normalized spacial score (nSPS) is 10.8. The summed E-state index contributed by atoms with van der Waals surface area (Å²) < 4.78 is 0. The summed E-state index contributed by atoms with van der Waals surface area (Å²) in [6, 6.07) is 30.0. The molecular formula is C28H28N2. The molecule has 0 bridgehead atoms. The Labute approximate surface area is 179 Å². The maximum Gasteiger partial charge on any atom is 0.0888 e. The molecule has 0 aliphatic heterocycles. The van der Waals surface area contributed by atoms with E-state index in [1.54, 1.807) is 0 Å². The van der Waals surface area contributed by atoms with Crippen molar-refractivity contribution in [2.24, 2.45) is 0 Å². The lowest BCUT2D eigenvalue weighted by Crippen LogP contribution is -1.95. The van der Waals surface area contributed by atoms with Gasteiger partial charge in [0.05, 0.1) is 11.4 Å². The predicted octanol–water partition coefficient (Wildman–Crippen LogP) is 6.49. The van der Waals surface area contributed by atoms with E-state index in [4.69, 9.17) is 0 Å². The smallest absolute Gasteiger partial charge is 0.0888 e. The molecule has 0 radical (unpaired) electrons. The van der Waals surface area contributed by atoms with Crippen molar-refractivity contribution in [2.45, 2.75) is 38.5 Å². The van der Waals surface area contributed by atoms with E-state index in [1.807, 2.05) is 12.4 Å². The topological polar surface area (TPSA) is 25.8 Å². The van der Waals surface area contributed by atoms with E-state index in [1.165, 1.54) is 22.3 Å². The molecule has 0 spiro atoms. The highest BCUT2D eigenvalue weighted by atomic mass is 14.8. The molecule has 0 atom stereocenters. The third kappa shape index (κ3) is 5.87. The molecule has 0 aliphatic carbocycles. The zero-order chi connectivity index (χ0) is 20.4. The Morgan fingerprint density at radius 2 is 0.833 bits per heavy atom.